The molecule has 0 N–H and O–H groups in total. The van der Waals surface area contributed by atoms with Crippen LogP contribution in [0, 0.1) is 11.6 Å². The van der Waals surface area contributed by atoms with E-state index in [0.717, 1.165) is 29.7 Å². The lowest BCUT2D eigenvalue weighted by atomic mass is 10.0. The Morgan fingerprint density at radius 3 is 2.39 bits per heavy atom. The third-order valence-electron chi connectivity index (χ3n) is 5.60. The molecule has 1 aliphatic rings. The number of urea groups is 1. The van der Waals surface area contributed by atoms with Crippen molar-refractivity contribution < 1.29 is 13.6 Å². The maximum atomic E-state index is 14.4. The summed E-state index contributed by atoms with van der Waals surface area (Å²) in [5.74, 6) is -0.996. The lowest BCUT2D eigenvalue weighted by molar-refractivity contribution is 0.162. The van der Waals surface area contributed by atoms with Gasteiger partial charge in [-0.1, -0.05) is 66.7 Å². The molecule has 3 aromatic carbocycles. The largest absolute Gasteiger partial charge is 0.327 e. The van der Waals surface area contributed by atoms with E-state index in [1.165, 1.54) is 6.07 Å². The average molecular weight is 418 g/mol. The van der Waals surface area contributed by atoms with Crippen LogP contribution in [-0.4, -0.2) is 36.0 Å². The van der Waals surface area contributed by atoms with Crippen LogP contribution in [0.2, 0.25) is 0 Å². The minimum Gasteiger partial charge on any atom is -0.327 e. The van der Waals surface area contributed by atoms with E-state index >= 15 is 0 Å². The van der Waals surface area contributed by atoms with Gasteiger partial charge >= 0.3 is 6.03 Å². The number of amides is 2. The summed E-state index contributed by atoms with van der Waals surface area (Å²) in [5, 5.41) is 0. The molecule has 158 valence electrons. The van der Waals surface area contributed by atoms with Gasteiger partial charge in [-0.25, -0.2) is 13.6 Å². The first-order chi connectivity index (χ1) is 15.0. The molecule has 5 heteroatoms. The second-order valence-electron chi connectivity index (χ2n) is 7.74. The van der Waals surface area contributed by atoms with E-state index in [1.54, 1.807) is 16.8 Å². The van der Waals surface area contributed by atoms with Gasteiger partial charge in [0, 0.05) is 25.7 Å². The van der Waals surface area contributed by atoms with Crippen LogP contribution in [0.4, 0.5) is 13.6 Å². The zero-order valence-corrected chi connectivity index (χ0v) is 17.3. The molecular formula is C26H24F2N2O. The standard InChI is InChI=1S/C26H24F2N2O/c1-29(15-14-19-8-4-2-5-9-19)26(31)30-18-21(23-17-22(27)12-13-24(23)28)16-25(30)20-10-6-3-7-11-20/h2-13,16-17,25H,14-15,18H2,1H3. The molecule has 3 nitrogen and oxygen atoms in total. The first-order valence-electron chi connectivity index (χ1n) is 10.3. The highest BCUT2D eigenvalue weighted by Crippen LogP contribution is 2.36. The lowest BCUT2D eigenvalue weighted by Gasteiger charge is -2.30. The number of likely N-dealkylation sites (N-methyl/N-ethyl adjacent to an activating group) is 1. The molecule has 0 fully saturated rings. The van der Waals surface area contributed by atoms with Crippen molar-refractivity contribution in [3.05, 3.63) is 113 Å². The van der Waals surface area contributed by atoms with Crippen LogP contribution < -0.4 is 0 Å². The number of carbonyl (C=O) groups excluding carboxylic acids is 1. The first-order valence-corrected chi connectivity index (χ1v) is 10.3. The summed E-state index contributed by atoms with van der Waals surface area (Å²) in [6.07, 6.45) is 2.60. The van der Waals surface area contributed by atoms with Crippen LogP contribution in [0.1, 0.15) is 22.7 Å². The number of rotatable bonds is 5. The molecule has 1 atom stereocenters. The normalized spacial score (nSPS) is 15.6. The highest BCUT2D eigenvalue weighted by atomic mass is 19.1. The molecular weight excluding hydrogens is 394 g/mol. The van der Waals surface area contributed by atoms with Gasteiger partial charge in [0.1, 0.15) is 11.6 Å². The molecule has 1 heterocycles. The molecule has 3 aromatic rings. The summed E-state index contributed by atoms with van der Waals surface area (Å²) >= 11 is 0. The van der Waals surface area contributed by atoms with Crippen molar-refractivity contribution in [1.82, 2.24) is 9.80 Å². The number of halogens is 2. The maximum absolute atomic E-state index is 14.4. The molecule has 1 aliphatic heterocycles. The van der Waals surface area contributed by atoms with E-state index < -0.39 is 11.6 Å². The lowest BCUT2D eigenvalue weighted by Crippen LogP contribution is -2.42. The molecule has 2 amide bonds. The number of carbonyl (C=O) groups is 1. The molecule has 0 aliphatic carbocycles. The van der Waals surface area contributed by atoms with Crippen molar-refractivity contribution in [3.8, 4) is 0 Å². The Balaban J connectivity index is 1.58. The van der Waals surface area contributed by atoms with Crippen LogP contribution in [0.15, 0.2) is 84.9 Å². The fourth-order valence-corrected chi connectivity index (χ4v) is 3.90. The van der Waals surface area contributed by atoms with Crippen LogP contribution in [0.25, 0.3) is 5.57 Å². The number of benzene rings is 3. The average Bonchev–Trinajstić information content (AvgIpc) is 3.25. The minimum absolute atomic E-state index is 0.146. The van der Waals surface area contributed by atoms with E-state index in [4.69, 9.17) is 0 Å². The molecule has 0 saturated heterocycles. The van der Waals surface area contributed by atoms with Crippen molar-refractivity contribution in [2.24, 2.45) is 0 Å². The Morgan fingerprint density at radius 1 is 1.00 bits per heavy atom. The number of hydrogen-bond acceptors (Lipinski definition) is 1. The smallest absolute Gasteiger partial charge is 0.320 e. The van der Waals surface area contributed by atoms with Crippen LogP contribution >= 0.6 is 0 Å². The molecule has 31 heavy (non-hydrogen) atoms. The second-order valence-corrected chi connectivity index (χ2v) is 7.74. The van der Waals surface area contributed by atoms with Crippen molar-refractivity contribution in [1.29, 1.82) is 0 Å². The Labute approximate surface area is 181 Å². The van der Waals surface area contributed by atoms with Gasteiger partial charge in [0.05, 0.1) is 6.04 Å². The Kier molecular flexibility index (Phi) is 6.12. The van der Waals surface area contributed by atoms with Crippen molar-refractivity contribution in [2.75, 3.05) is 20.1 Å². The molecule has 0 radical (unpaired) electrons. The van der Waals surface area contributed by atoms with Gasteiger partial charge in [-0.05, 0) is 41.3 Å². The van der Waals surface area contributed by atoms with Crippen LogP contribution in [-0.2, 0) is 6.42 Å². The Hall–Kier alpha value is -3.47. The molecule has 1 unspecified atom stereocenters. The van der Waals surface area contributed by atoms with Crippen LogP contribution in [0.5, 0.6) is 0 Å². The molecule has 0 bridgehead atoms. The molecule has 4 rings (SSSR count). The fraction of sp³-hybridized carbons (Fsp3) is 0.192. The van der Waals surface area contributed by atoms with Gasteiger partial charge in [-0.15, -0.1) is 0 Å². The molecule has 0 spiro atoms. The van der Waals surface area contributed by atoms with Crippen LogP contribution in [0.3, 0.4) is 0 Å². The highest BCUT2D eigenvalue weighted by Gasteiger charge is 2.33. The van der Waals surface area contributed by atoms with Gasteiger partial charge in [0.25, 0.3) is 0 Å². The summed E-state index contributed by atoms with van der Waals surface area (Å²) < 4.78 is 28.2. The number of nitrogens with zero attached hydrogens (tertiary/aromatic N) is 2. The van der Waals surface area contributed by atoms with Gasteiger partial charge in [-0.2, -0.15) is 0 Å². The first kappa shape index (κ1) is 20.8. The van der Waals surface area contributed by atoms with Crippen molar-refractivity contribution in [2.45, 2.75) is 12.5 Å². The van der Waals surface area contributed by atoms with E-state index in [2.05, 4.69) is 0 Å². The minimum atomic E-state index is -0.502. The molecule has 0 aromatic heterocycles. The monoisotopic (exact) mass is 418 g/mol. The van der Waals surface area contributed by atoms with Crippen molar-refractivity contribution in [3.63, 3.8) is 0 Å². The molecule has 0 saturated carbocycles. The van der Waals surface area contributed by atoms with Gasteiger partial charge in [0.15, 0.2) is 0 Å². The maximum Gasteiger partial charge on any atom is 0.320 e. The predicted octanol–water partition coefficient (Wildman–Crippen LogP) is 5.70. The summed E-state index contributed by atoms with van der Waals surface area (Å²) in [4.78, 5) is 16.7. The summed E-state index contributed by atoms with van der Waals surface area (Å²) in [7, 11) is 1.77. The number of hydrogen-bond donors (Lipinski definition) is 0. The second kappa shape index (κ2) is 9.13. The van der Waals surface area contributed by atoms with E-state index in [1.807, 2.05) is 66.7 Å². The SMILES string of the molecule is CN(CCc1ccccc1)C(=O)N1CC(c2cc(F)ccc2F)=CC1c1ccccc1. The summed E-state index contributed by atoms with van der Waals surface area (Å²) in [6.45, 7) is 0.777. The van der Waals surface area contributed by atoms with Crippen molar-refractivity contribution >= 4 is 11.6 Å². The summed E-state index contributed by atoms with van der Waals surface area (Å²) in [6, 6.07) is 22.5. The predicted molar refractivity (Wildman–Crippen MR) is 118 cm³/mol. The van der Waals surface area contributed by atoms with Gasteiger partial charge in [-0.3, -0.25) is 0 Å². The fourth-order valence-electron chi connectivity index (χ4n) is 3.90. The van der Waals surface area contributed by atoms with E-state index in [9.17, 15) is 13.6 Å². The Morgan fingerprint density at radius 2 is 1.68 bits per heavy atom. The Bertz CT molecular complexity index is 1080. The third kappa shape index (κ3) is 4.66. The highest BCUT2D eigenvalue weighted by molar-refractivity contribution is 5.82. The summed E-state index contributed by atoms with van der Waals surface area (Å²) in [5.41, 5.74) is 2.89. The van der Waals surface area contributed by atoms with E-state index in [-0.39, 0.29) is 24.2 Å². The quantitative estimate of drug-likeness (QED) is 0.521. The van der Waals surface area contributed by atoms with E-state index in [0.29, 0.717) is 12.1 Å². The third-order valence-corrected chi connectivity index (χ3v) is 5.60. The van der Waals surface area contributed by atoms with Gasteiger partial charge < -0.3 is 9.80 Å². The zero-order valence-electron chi connectivity index (χ0n) is 17.3. The zero-order chi connectivity index (χ0) is 21.8. The topological polar surface area (TPSA) is 23.6 Å². The van der Waals surface area contributed by atoms with Gasteiger partial charge in [0.2, 0.25) is 0 Å².